The molecule has 1 aliphatic carbocycles. The second-order valence-electron chi connectivity index (χ2n) is 16.5. The monoisotopic (exact) mass is 819 g/mol. The third-order valence-electron chi connectivity index (χ3n) is 13.3. The van der Waals surface area contributed by atoms with Crippen molar-refractivity contribution >= 4 is 33.2 Å². The van der Waals surface area contributed by atoms with Crippen molar-refractivity contribution in [1.82, 2.24) is 14.7 Å². The molecule has 0 bridgehead atoms. The van der Waals surface area contributed by atoms with E-state index >= 15 is 8.78 Å². The van der Waals surface area contributed by atoms with Crippen LogP contribution in [0.3, 0.4) is 0 Å². The summed E-state index contributed by atoms with van der Waals surface area (Å²) in [5, 5.41) is 2.55. The first-order chi connectivity index (χ1) is 27.8. The number of amides is 2. The molecule has 58 heavy (non-hydrogen) atoms. The van der Waals surface area contributed by atoms with Gasteiger partial charge in [-0.25, -0.2) is 22.0 Å². The van der Waals surface area contributed by atoms with Crippen LogP contribution in [-0.2, 0) is 29.5 Å². The van der Waals surface area contributed by atoms with Gasteiger partial charge in [0.2, 0.25) is 15.7 Å². The third-order valence-corrected chi connectivity index (χ3v) is 15.0. The summed E-state index contributed by atoms with van der Waals surface area (Å²) >= 11 is 0. The fourth-order valence-corrected chi connectivity index (χ4v) is 11.5. The Balaban J connectivity index is 1.05. The number of hydrogen-bond donors (Lipinski definition) is 1. The molecule has 4 fully saturated rings. The van der Waals surface area contributed by atoms with Gasteiger partial charge in [0, 0.05) is 44.4 Å². The minimum Gasteiger partial charge on any atom is -0.453 e. The van der Waals surface area contributed by atoms with Crippen LogP contribution in [0.25, 0.3) is 0 Å². The standard InChI is InChI=1S/C44H55F2N5O6S/c1-5-41(52)47-34-12-7-13-35(25-34)58(54,55)36-16-17-40(38(46)26-36)51-28-43(29-51,57-4)27-50-22-18-31(19-23-50)44(30-49-20-9-21-49,32-10-6-11-33(45)24-32)37-14-8-15-39(37)48(2)42(53)56-3/h5-7,10-13,16-17,24-26,31,37,39H,1,8-9,14-15,18-23,27-30H2,2-4H3,(H,47,52)/t37-,39-,44-/m0/s1. The van der Waals surface area contributed by atoms with Crippen LogP contribution in [-0.4, -0.2) is 120 Å². The SMILES string of the molecule is C=CC(=O)Nc1cccc(S(=O)(=O)c2ccc(N3CC(CN4CCC([C@@](CN5CCC5)(c5cccc(F)c5)[C@H]5CCC[C@@H]5N(C)C(=O)OC)CC4)(OC)C3)c(F)c2)c1. The Morgan fingerprint density at radius 3 is 2.29 bits per heavy atom. The van der Waals surface area contributed by atoms with Gasteiger partial charge in [-0.2, -0.15) is 0 Å². The molecule has 0 radical (unpaired) electrons. The highest BCUT2D eigenvalue weighted by molar-refractivity contribution is 7.91. The Bertz CT molecular complexity index is 2100. The first-order valence-electron chi connectivity index (χ1n) is 20.2. The summed E-state index contributed by atoms with van der Waals surface area (Å²) in [6.07, 6.45) is 6.49. The molecule has 3 atom stereocenters. The number of anilines is 2. The van der Waals surface area contributed by atoms with E-state index in [9.17, 15) is 18.0 Å². The number of nitrogens with one attached hydrogen (secondary N) is 1. The lowest BCUT2D eigenvalue weighted by molar-refractivity contribution is -0.111. The van der Waals surface area contributed by atoms with Crippen molar-refractivity contribution in [2.24, 2.45) is 11.8 Å². The minimum absolute atomic E-state index is 0.0230. The maximum absolute atomic E-state index is 15.7. The van der Waals surface area contributed by atoms with Crippen molar-refractivity contribution in [2.75, 3.05) is 83.8 Å². The maximum atomic E-state index is 15.7. The number of benzene rings is 3. The van der Waals surface area contributed by atoms with E-state index in [0.717, 1.165) is 89.0 Å². The smallest absolute Gasteiger partial charge is 0.409 e. The van der Waals surface area contributed by atoms with Crippen LogP contribution in [0.1, 0.15) is 44.1 Å². The van der Waals surface area contributed by atoms with E-state index in [-0.39, 0.29) is 50.7 Å². The van der Waals surface area contributed by atoms with Gasteiger partial charge in [0.1, 0.15) is 17.2 Å². The molecule has 0 unspecified atom stereocenters. The van der Waals surface area contributed by atoms with Gasteiger partial charge in [0.15, 0.2) is 0 Å². The number of carbonyl (C=O) groups excluding carboxylic acids is 2. The molecule has 2 amide bonds. The average Bonchev–Trinajstić information content (AvgIpc) is 3.69. The zero-order valence-corrected chi connectivity index (χ0v) is 34.5. The molecule has 3 aromatic carbocycles. The van der Waals surface area contributed by atoms with Gasteiger partial charge in [-0.1, -0.05) is 31.2 Å². The van der Waals surface area contributed by atoms with E-state index in [1.54, 1.807) is 24.1 Å². The van der Waals surface area contributed by atoms with E-state index in [1.807, 2.05) is 18.0 Å². The molecule has 1 saturated carbocycles. The van der Waals surface area contributed by atoms with Crippen LogP contribution in [0.2, 0.25) is 0 Å². The molecule has 3 saturated heterocycles. The van der Waals surface area contributed by atoms with Gasteiger partial charge in [0.25, 0.3) is 0 Å². The highest BCUT2D eigenvalue weighted by Crippen LogP contribution is 2.52. The summed E-state index contributed by atoms with van der Waals surface area (Å²) in [4.78, 5) is 32.9. The number of methoxy groups -OCH3 is 2. The quantitative estimate of drug-likeness (QED) is 0.186. The topological polar surface area (TPSA) is 112 Å². The number of carbonyl (C=O) groups is 2. The van der Waals surface area contributed by atoms with Crippen LogP contribution in [0.4, 0.5) is 25.0 Å². The van der Waals surface area contributed by atoms with E-state index in [1.165, 1.54) is 43.5 Å². The number of hydrogen-bond acceptors (Lipinski definition) is 9. The zero-order valence-electron chi connectivity index (χ0n) is 33.7. The molecule has 312 valence electrons. The van der Waals surface area contributed by atoms with Crippen molar-refractivity contribution in [3.05, 3.63) is 96.6 Å². The van der Waals surface area contributed by atoms with Crippen molar-refractivity contribution in [2.45, 2.75) is 65.4 Å². The molecule has 0 aromatic heterocycles. The Morgan fingerprint density at radius 2 is 1.66 bits per heavy atom. The minimum atomic E-state index is -4.07. The molecule has 3 aliphatic heterocycles. The van der Waals surface area contributed by atoms with Gasteiger partial charge >= 0.3 is 6.09 Å². The Morgan fingerprint density at radius 1 is 0.931 bits per heavy atom. The molecular weight excluding hydrogens is 765 g/mol. The summed E-state index contributed by atoms with van der Waals surface area (Å²) in [5.41, 5.74) is 0.684. The molecule has 14 heteroatoms. The predicted molar refractivity (Wildman–Crippen MR) is 219 cm³/mol. The van der Waals surface area contributed by atoms with Gasteiger partial charge in [-0.3, -0.25) is 4.79 Å². The number of sulfone groups is 1. The van der Waals surface area contributed by atoms with Crippen LogP contribution in [0.5, 0.6) is 0 Å². The maximum Gasteiger partial charge on any atom is 0.409 e. The zero-order chi connectivity index (χ0) is 41.2. The normalized spacial score (nSPS) is 22.3. The molecule has 11 nitrogen and oxygen atoms in total. The molecule has 0 spiro atoms. The van der Waals surface area contributed by atoms with E-state index < -0.39 is 27.2 Å². The highest BCUT2D eigenvalue weighted by atomic mass is 32.2. The molecule has 3 heterocycles. The molecular formula is C44H55F2N5O6S. The Kier molecular flexibility index (Phi) is 12.3. The molecule has 1 N–H and O–H groups in total. The summed E-state index contributed by atoms with van der Waals surface area (Å²) in [6.45, 7) is 9.40. The Hall–Kier alpha value is -4.37. The molecule has 7 rings (SSSR count). The summed E-state index contributed by atoms with van der Waals surface area (Å²) < 4.78 is 69.1. The first kappa shape index (κ1) is 41.8. The largest absolute Gasteiger partial charge is 0.453 e. The van der Waals surface area contributed by atoms with E-state index in [4.69, 9.17) is 9.47 Å². The summed E-state index contributed by atoms with van der Waals surface area (Å²) in [6, 6.07) is 16.9. The lowest BCUT2D eigenvalue weighted by Crippen LogP contribution is -2.68. The summed E-state index contributed by atoms with van der Waals surface area (Å²) in [7, 11) is 0.863. The lowest BCUT2D eigenvalue weighted by Gasteiger charge is -2.55. The van der Waals surface area contributed by atoms with Gasteiger partial charge < -0.3 is 34.4 Å². The van der Waals surface area contributed by atoms with Gasteiger partial charge in [0.05, 0.1) is 35.7 Å². The van der Waals surface area contributed by atoms with Crippen LogP contribution < -0.4 is 10.2 Å². The van der Waals surface area contributed by atoms with Crippen LogP contribution in [0, 0.1) is 23.5 Å². The predicted octanol–water partition coefficient (Wildman–Crippen LogP) is 6.35. The number of halogens is 2. The lowest BCUT2D eigenvalue weighted by atomic mass is 9.57. The highest BCUT2D eigenvalue weighted by Gasteiger charge is 2.54. The number of piperidine rings is 1. The number of ether oxygens (including phenoxy) is 2. The van der Waals surface area contributed by atoms with E-state index in [0.29, 0.717) is 25.3 Å². The second kappa shape index (κ2) is 17.1. The Labute approximate surface area is 340 Å². The van der Waals surface area contributed by atoms with Crippen molar-refractivity contribution in [1.29, 1.82) is 0 Å². The van der Waals surface area contributed by atoms with Crippen molar-refractivity contribution in [3.8, 4) is 0 Å². The summed E-state index contributed by atoms with van der Waals surface area (Å²) in [5.74, 6) is -0.995. The first-order valence-corrected chi connectivity index (χ1v) is 21.7. The fraction of sp³-hybridized carbons (Fsp3) is 0.500. The fourth-order valence-electron chi connectivity index (χ4n) is 10.2. The van der Waals surface area contributed by atoms with Crippen LogP contribution >= 0.6 is 0 Å². The van der Waals surface area contributed by atoms with Crippen LogP contribution in [0.15, 0.2) is 89.2 Å². The van der Waals surface area contributed by atoms with E-state index in [2.05, 4.69) is 27.8 Å². The number of likely N-dealkylation sites (tertiary alicyclic amines) is 2. The van der Waals surface area contributed by atoms with Crippen molar-refractivity contribution in [3.63, 3.8) is 0 Å². The number of rotatable bonds is 14. The molecule has 3 aromatic rings. The number of nitrogens with zero attached hydrogens (tertiary/aromatic N) is 4. The third kappa shape index (κ3) is 8.12. The second-order valence-corrected chi connectivity index (χ2v) is 18.4. The van der Waals surface area contributed by atoms with Gasteiger partial charge in [-0.15, -0.1) is 0 Å². The van der Waals surface area contributed by atoms with Gasteiger partial charge in [-0.05, 0) is 130 Å². The average molecular weight is 820 g/mol. The van der Waals surface area contributed by atoms with Crippen molar-refractivity contribution < 1.29 is 36.3 Å². The molecule has 4 aliphatic rings.